The third-order valence-corrected chi connectivity index (χ3v) is 4.61. The van der Waals surface area contributed by atoms with Crippen LogP contribution in [0.3, 0.4) is 0 Å². The van der Waals surface area contributed by atoms with Crippen molar-refractivity contribution in [2.24, 2.45) is 0 Å². The number of hydrogen-bond donors (Lipinski definition) is 2. The molecule has 6 nitrogen and oxygen atoms in total. The lowest BCUT2D eigenvalue weighted by molar-refractivity contribution is 0.252. The van der Waals surface area contributed by atoms with Crippen molar-refractivity contribution < 1.29 is 14.3 Å². The van der Waals surface area contributed by atoms with Crippen LogP contribution in [0.2, 0.25) is 0 Å². The Balaban J connectivity index is 1.52. The number of hydrogen-bond acceptors (Lipinski definition) is 5. The van der Waals surface area contributed by atoms with Gasteiger partial charge in [0.2, 0.25) is 0 Å². The first kappa shape index (κ1) is 17.0. The summed E-state index contributed by atoms with van der Waals surface area (Å²) in [5.41, 5.74) is 1.94. The summed E-state index contributed by atoms with van der Waals surface area (Å²) < 4.78 is 11.5. The van der Waals surface area contributed by atoms with E-state index in [1.165, 1.54) is 11.3 Å². The third kappa shape index (κ3) is 4.19. The Labute approximate surface area is 149 Å². The first-order valence-electron chi connectivity index (χ1n) is 7.81. The number of anilines is 1. The largest absolute Gasteiger partial charge is 0.493 e. The predicted octanol–water partition coefficient (Wildman–Crippen LogP) is 3.68. The highest BCUT2D eigenvalue weighted by atomic mass is 32.1. The van der Waals surface area contributed by atoms with Gasteiger partial charge in [-0.05, 0) is 36.2 Å². The van der Waals surface area contributed by atoms with E-state index in [4.69, 9.17) is 9.47 Å². The number of nitrogens with one attached hydrogen (secondary N) is 2. The van der Waals surface area contributed by atoms with Gasteiger partial charge in [-0.15, -0.1) is 0 Å². The molecule has 25 heavy (non-hydrogen) atoms. The SMILES string of the molecule is COc1ccc(CCNC(=O)Nc2nc3ccccc3s2)cc1OC. The van der Waals surface area contributed by atoms with Crippen molar-refractivity contribution in [3.63, 3.8) is 0 Å². The smallest absolute Gasteiger partial charge is 0.321 e. The summed E-state index contributed by atoms with van der Waals surface area (Å²) in [6, 6.07) is 13.2. The summed E-state index contributed by atoms with van der Waals surface area (Å²) in [5, 5.41) is 6.19. The number of rotatable bonds is 6. The van der Waals surface area contributed by atoms with Crippen LogP contribution in [0.4, 0.5) is 9.93 Å². The Morgan fingerprint density at radius 1 is 1.12 bits per heavy atom. The second kappa shape index (κ2) is 7.85. The molecule has 130 valence electrons. The molecule has 0 atom stereocenters. The number of carbonyl (C=O) groups is 1. The molecule has 0 unspecified atom stereocenters. The molecule has 0 spiro atoms. The van der Waals surface area contributed by atoms with E-state index in [0.717, 1.165) is 15.8 Å². The van der Waals surface area contributed by atoms with Gasteiger partial charge in [0.1, 0.15) is 0 Å². The number of aromatic nitrogens is 1. The highest BCUT2D eigenvalue weighted by Gasteiger charge is 2.08. The van der Waals surface area contributed by atoms with Crippen molar-refractivity contribution in [1.82, 2.24) is 10.3 Å². The van der Waals surface area contributed by atoms with Crippen molar-refractivity contribution in [2.75, 3.05) is 26.1 Å². The predicted molar refractivity (Wildman–Crippen MR) is 99.9 cm³/mol. The lowest BCUT2D eigenvalue weighted by Gasteiger charge is -2.10. The molecule has 0 fully saturated rings. The van der Waals surface area contributed by atoms with Gasteiger partial charge in [-0.3, -0.25) is 5.32 Å². The van der Waals surface area contributed by atoms with Crippen LogP contribution in [0.15, 0.2) is 42.5 Å². The number of urea groups is 1. The first-order valence-corrected chi connectivity index (χ1v) is 8.62. The number of methoxy groups -OCH3 is 2. The fraction of sp³-hybridized carbons (Fsp3) is 0.222. The minimum Gasteiger partial charge on any atom is -0.493 e. The first-order chi connectivity index (χ1) is 12.2. The van der Waals surface area contributed by atoms with E-state index in [1.807, 2.05) is 42.5 Å². The monoisotopic (exact) mass is 357 g/mol. The molecule has 0 bridgehead atoms. The van der Waals surface area contributed by atoms with Crippen molar-refractivity contribution in [3.05, 3.63) is 48.0 Å². The average molecular weight is 357 g/mol. The zero-order valence-corrected chi connectivity index (χ0v) is 14.9. The highest BCUT2D eigenvalue weighted by Crippen LogP contribution is 2.27. The molecule has 2 aromatic carbocycles. The average Bonchev–Trinajstić information content (AvgIpc) is 3.03. The minimum absolute atomic E-state index is 0.264. The van der Waals surface area contributed by atoms with Crippen molar-refractivity contribution in [2.45, 2.75) is 6.42 Å². The van der Waals surface area contributed by atoms with Crippen LogP contribution in [0.1, 0.15) is 5.56 Å². The molecule has 2 amide bonds. The standard InChI is InChI=1S/C18H19N3O3S/c1-23-14-8-7-12(11-15(14)24-2)9-10-19-17(22)21-18-20-13-5-3-4-6-16(13)25-18/h3-8,11H,9-10H2,1-2H3,(H2,19,20,21,22). The topological polar surface area (TPSA) is 72.5 Å². The molecule has 1 heterocycles. The maximum Gasteiger partial charge on any atom is 0.321 e. The number of amides is 2. The van der Waals surface area contributed by atoms with Gasteiger partial charge in [-0.1, -0.05) is 29.5 Å². The van der Waals surface area contributed by atoms with Gasteiger partial charge >= 0.3 is 6.03 Å². The second-order valence-electron chi connectivity index (χ2n) is 5.31. The molecule has 0 saturated carbocycles. The van der Waals surface area contributed by atoms with Gasteiger partial charge < -0.3 is 14.8 Å². The maximum atomic E-state index is 12.0. The molecule has 0 aliphatic carbocycles. The van der Waals surface area contributed by atoms with Crippen LogP contribution in [0, 0.1) is 0 Å². The van der Waals surface area contributed by atoms with Crippen LogP contribution >= 0.6 is 11.3 Å². The minimum atomic E-state index is -0.264. The summed E-state index contributed by atoms with van der Waals surface area (Å²) in [7, 11) is 3.21. The molecule has 0 aliphatic heterocycles. The molecule has 3 rings (SSSR count). The maximum absolute atomic E-state index is 12.0. The molecule has 1 aromatic heterocycles. The van der Waals surface area contributed by atoms with Gasteiger partial charge in [0.05, 0.1) is 24.4 Å². The van der Waals surface area contributed by atoms with Gasteiger partial charge in [0.15, 0.2) is 16.6 Å². The van der Waals surface area contributed by atoms with Crippen LogP contribution < -0.4 is 20.1 Å². The van der Waals surface area contributed by atoms with Crippen molar-refractivity contribution >= 4 is 32.7 Å². The zero-order chi connectivity index (χ0) is 17.6. The Kier molecular flexibility index (Phi) is 5.35. The summed E-state index contributed by atoms with van der Waals surface area (Å²) >= 11 is 1.45. The summed E-state index contributed by atoms with van der Waals surface area (Å²) in [6.07, 6.45) is 0.688. The number of carbonyl (C=O) groups excluding carboxylic acids is 1. The molecule has 7 heteroatoms. The Morgan fingerprint density at radius 2 is 1.92 bits per heavy atom. The van der Waals surface area contributed by atoms with E-state index >= 15 is 0 Å². The summed E-state index contributed by atoms with van der Waals surface area (Å²) in [4.78, 5) is 16.4. The second-order valence-corrected chi connectivity index (χ2v) is 6.34. The molecule has 2 N–H and O–H groups in total. The van der Waals surface area contributed by atoms with Crippen LogP contribution in [-0.4, -0.2) is 31.8 Å². The van der Waals surface area contributed by atoms with Gasteiger partial charge in [-0.2, -0.15) is 0 Å². The number of para-hydroxylation sites is 1. The number of ether oxygens (including phenoxy) is 2. The lowest BCUT2D eigenvalue weighted by Crippen LogP contribution is -2.30. The number of nitrogens with zero attached hydrogens (tertiary/aromatic N) is 1. The molecule has 3 aromatic rings. The van der Waals surface area contributed by atoms with E-state index < -0.39 is 0 Å². The van der Waals surface area contributed by atoms with Crippen molar-refractivity contribution in [1.29, 1.82) is 0 Å². The van der Waals surface area contributed by atoms with Crippen LogP contribution in [0.25, 0.3) is 10.2 Å². The molecule has 0 saturated heterocycles. The molecular weight excluding hydrogens is 338 g/mol. The van der Waals surface area contributed by atoms with Gasteiger partial charge in [-0.25, -0.2) is 9.78 Å². The van der Waals surface area contributed by atoms with Gasteiger partial charge in [0, 0.05) is 6.54 Å². The number of fused-ring (bicyclic) bond motifs is 1. The van der Waals surface area contributed by atoms with E-state index in [0.29, 0.717) is 29.6 Å². The lowest BCUT2D eigenvalue weighted by atomic mass is 10.1. The quantitative estimate of drug-likeness (QED) is 0.706. The fourth-order valence-corrected chi connectivity index (χ4v) is 3.28. The van der Waals surface area contributed by atoms with E-state index in [2.05, 4.69) is 15.6 Å². The summed E-state index contributed by atoms with van der Waals surface area (Å²) in [5.74, 6) is 1.37. The Hall–Kier alpha value is -2.80. The number of thiazole rings is 1. The fourth-order valence-electron chi connectivity index (χ4n) is 2.42. The highest BCUT2D eigenvalue weighted by molar-refractivity contribution is 7.22. The summed E-state index contributed by atoms with van der Waals surface area (Å²) in [6.45, 7) is 0.506. The Bertz CT molecular complexity index is 846. The normalized spacial score (nSPS) is 10.5. The van der Waals surface area contributed by atoms with E-state index in [1.54, 1.807) is 14.2 Å². The van der Waals surface area contributed by atoms with E-state index in [-0.39, 0.29) is 6.03 Å². The number of benzene rings is 2. The Morgan fingerprint density at radius 3 is 2.68 bits per heavy atom. The molecule has 0 radical (unpaired) electrons. The third-order valence-electron chi connectivity index (χ3n) is 3.66. The van der Waals surface area contributed by atoms with Gasteiger partial charge in [0.25, 0.3) is 0 Å². The van der Waals surface area contributed by atoms with Crippen LogP contribution in [0.5, 0.6) is 11.5 Å². The zero-order valence-electron chi connectivity index (χ0n) is 14.0. The molecule has 0 aliphatic rings. The molecular formula is C18H19N3O3S. The van der Waals surface area contributed by atoms with Crippen molar-refractivity contribution in [3.8, 4) is 11.5 Å². The van der Waals surface area contributed by atoms with Crippen LogP contribution in [-0.2, 0) is 6.42 Å². The van der Waals surface area contributed by atoms with E-state index in [9.17, 15) is 4.79 Å².